The van der Waals surface area contributed by atoms with Gasteiger partial charge in [0, 0.05) is 4.47 Å². The van der Waals surface area contributed by atoms with Crippen molar-refractivity contribution in [3.05, 3.63) is 28.2 Å². The van der Waals surface area contributed by atoms with E-state index in [4.69, 9.17) is 4.74 Å². The smallest absolute Gasteiger partial charge is 0.186 e. The molecule has 0 bridgehead atoms. The van der Waals surface area contributed by atoms with Gasteiger partial charge < -0.3 is 10.1 Å². The molecule has 0 aliphatic carbocycles. The molecule has 0 radical (unpaired) electrons. The first kappa shape index (κ1) is 14.5. The standard InChI is InChI=1S/C14H18BrNO3S/c15-13-7-11(10-3-5-16-6-4-10)1-2-14(13)20(17,18)12-8-19-9-12/h1-2,7,10,12,16H,3-6,8-9H2. The molecule has 0 amide bonds. The minimum atomic E-state index is -3.26. The average Bonchev–Trinajstić information content (AvgIpc) is 2.36. The maximum Gasteiger partial charge on any atom is 0.186 e. The highest BCUT2D eigenvalue weighted by molar-refractivity contribution is 9.10. The highest BCUT2D eigenvalue weighted by Gasteiger charge is 2.35. The topological polar surface area (TPSA) is 55.4 Å². The molecule has 2 aliphatic heterocycles. The molecule has 2 aliphatic rings. The molecule has 20 heavy (non-hydrogen) atoms. The second kappa shape index (κ2) is 5.75. The van der Waals surface area contributed by atoms with Crippen LogP contribution in [0.2, 0.25) is 0 Å². The normalized spacial score (nSPS) is 21.6. The molecule has 2 heterocycles. The van der Waals surface area contributed by atoms with Crippen molar-refractivity contribution in [2.45, 2.75) is 28.9 Å². The summed E-state index contributed by atoms with van der Waals surface area (Å²) in [5.74, 6) is 0.524. The molecule has 6 heteroatoms. The zero-order valence-electron chi connectivity index (χ0n) is 11.1. The Labute approximate surface area is 127 Å². The van der Waals surface area contributed by atoms with Crippen LogP contribution in [0.25, 0.3) is 0 Å². The van der Waals surface area contributed by atoms with E-state index < -0.39 is 9.84 Å². The highest BCUT2D eigenvalue weighted by atomic mass is 79.9. The Morgan fingerprint density at radius 1 is 1.20 bits per heavy atom. The lowest BCUT2D eigenvalue weighted by atomic mass is 9.90. The van der Waals surface area contributed by atoms with E-state index in [2.05, 4.69) is 21.2 Å². The summed E-state index contributed by atoms with van der Waals surface area (Å²) in [5, 5.41) is 2.96. The van der Waals surface area contributed by atoms with E-state index in [1.807, 2.05) is 12.1 Å². The minimum absolute atomic E-state index is 0.310. The van der Waals surface area contributed by atoms with Crippen LogP contribution in [0.1, 0.15) is 24.3 Å². The van der Waals surface area contributed by atoms with E-state index in [1.165, 1.54) is 5.56 Å². The Morgan fingerprint density at radius 3 is 2.45 bits per heavy atom. The number of hydrogen-bond acceptors (Lipinski definition) is 4. The number of halogens is 1. The Hall–Kier alpha value is -0.430. The van der Waals surface area contributed by atoms with E-state index in [0.717, 1.165) is 25.9 Å². The van der Waals surface area contributed by atoms with Crippen molar-refractivity contribution in [1.29, 1.82) is 0 Å². The van der Waals surface area contributed by atoms with Crippen LogP contribution in [-0.2, 0) is 14.6 Å². The number of hydrogen-bond donors (Lipinski definition) is 1. The fourth-order valence-corrected chi connectivity index (χ4v) is 5.30. The molecule has 1 aromatic rings. The molecule has 0 aromatic heterocycles. The maximum atomic E-state index is 12.4. The van der Waals surface area contributed by atoms with Crippen LogP contribution in [0.5, 0.6) is 0 Å². The van der Waals surface area contributed by atoms with Gasteiger partial charge in [0.1, 0.15) is 5.25 Å². The number of rotatable bonds is 3. The first-order valence-corrected chi connectivity index (χ1v) is 9.25. The van der Waals surface area contributed by atoms with E-state index in [9.17, 15) is 8.42 Å². The summed E-state index contributed by atoms with van der Waals surface area (Å²) in [6.07, 6.45) is 2.21. The fourth-order valence-electron chi connectivity index (χ4n) is 2.73. The van der Waals surface area contributed by atoms with Crippen LogP contribution < -0.4 is 5.32 Å². The summed E-state index contributed by atoms with van der Waals surface area (Å²) in [6.45, 7) is 2.68. The number of benzene rings is 1. The van der Waals surface area contributed by atoms with Gasteiger partial charge in [0.25, 0.3) is 0 Å². The predicted octanol–water partition coefficient (Wildman–Crippen LogP) is 2.09. The van der Waals surface area contributed by atoms with Crippen LogP contribution in [0.15, 0.2) is 27.6 Å². The predicted molar refractivity (Wildman–Crippen MR) is 80.8 cm³/mol. The summed E-state index contributed by atoms with van der Waals surface area (Å²) >= 11 is 3.44. The zero-order valence-corrected chi connectivity index (χ0v) is 13.5. The van der Waals surface area contributed by atoms with Gasteiger partial charge in [-0.25, -0.2) is 8.42 Å². The highest BCUT2D eigenvalue weighted by Crippen LogP contribution is 2.33. The van der Waals surface area contributed by atoms with E-state index in [0.29, 0.717) is 28.5 Å². The zero-order chi connectivity index (χ0) is 14.2. The summed E-state index contributed by atoms with van der Waals surface area (Å²) in [4.78, 5) is 0.392. The first-order chi connectivity index (χ1) is 9.59. The summed E-state index contributed by atoms with van der Waals surface area (Å²) in [6, 6.07) is 5.69. The third-order valence-electron chi connectivity index (χ3n) is 4.12. The molecule has 110 valence electrons. The van der Waals surface area contributed by atoms with Crippen molar-refractivity contribution < 1.29 is 13.2 Å². The van der Waals surface area contributed by atoms with Crippen LogP contribution >= 0.6 is 15.9 Å². The molecule has 1 N–H and O–H groups in total. The van der Waals surface area contributed by atoms with Gasteiger partial charge in [-0.15, -0.1) is 0 Å². The number of nitrogens with one attached hydrogen (secondary N) is 1. The van der Waals surface area contributed by atoms with Crippen molar-refractivity contribution >= 4 is 25.8 Å². The molecule has 2 fully saturated rings. The van der Waals surface area contributed by atoms with Crippen LogP contribution in [-0.4, -0.2) is 40.0 Å². The summed E-state index contributed by atoms with van der Waals surface area (Å²) < 4.78 is 30.5. The Bertz CT molecular complexity index is 592. The molecular weight excluding hydrogens is 342 g/mol. The number of piperidine rings is 1. The molecule has 3 rings (SSSR count). The van der Waals surface area contributed by atoms with Crippen molar-refractivity contribution in [3.8, 4) is 0 Å². The molecule has 0 atom stereocenters. The molecule has 4 nitrogen and oxygen atoms in total. The van der Waals surface area contributed by atoms with Crippen LogP contribution in [0, 0.1) is 0 Å². The molecule has 0 unspecified atom stereocenters. The Morgan fingerprint density at radius 2 is 1.90 bits per heavy atom. The van der Waals surface area contributed by atoms with Crippen LogP contribution in [0.4, 0.5) is 0 Å². The largest absolute Gasteiger partial charge is 0.379 e. The molecule has 0 saturated carbocycles. The number of sulfone groups is 1. The van der Waals surface area contributed by atoms with Crippen molar-refractivity contribution in [3.63, 3.8) is 0 Å². The third-order valence-corrected chi connectivity index (χ3v) is 7.16. The fraction of sp³-hybridized carbons (Fsp3) is 0.571. The minimum Gasteiger partial charge on any atom is -0.379 e. The number of ether oxygens (including phenoxy) is 1. The Kier molecular flexibility index (Phi) is 4.17. The van der Waals surface area contributed by atoms with Gasteiger partial charge in [-0.05, 0) is 65.5 Å². The lowest BCUT2D eigenvalue weighted by molar-refractivity contribution is 0.0416. The summed E-state index contributed by atoms with van der Waals surface area (Å²) in [5.41, 5.74) is 1.22. The van der Waals surface area contributed by atoms with Crippen LogP contribution in [0.3, 0.4) is 0 Å². The van der Waals surface area contributed by atoms with Crippen molar-refractivity contribution in [2.24, 2.45) is 0 Å². The van der Waals surface area contributed by atoms with E-state index in [-0.39, 0.29) is 5.25 Å². The van der Waals surface area contributed by atoms with Gasteiger partial charge in [-0.1, -0.05) is 6.07 Å². The lowest BCUT2D eigenvalue weighted by Gasteiger charge is -2.27. The van der Waals surface area contributed by atoms with Gasteiger partial charge >= 0.3 is 0 Å². The van der Waals surface area contributed by atoms with Crippen molar-refractivity contribution in [2.75, 3.05) is 26.3 Å². The second-order valence-corrected chi connectivity index (χ2v) is 8.47. The third kappa shape index (κ3) is 2.66. The molecular formula is C14H18BrNO3S. The monoisotopic (exact) mass is 359 g/mol. The average molecular weight is 360 g/mol. The van der Waals surface area contributed by atoms with E-state index in [1.54, 1.807) is 6.07 Å². The van der Waals surface area contributed by atoms with Gasteiger partial charge in [0.15, 0.2) is 9.84 Å². The molecule has 2 saturated heterocycles. The summed E-state index contributed by atoms with van der Waals surface area (Å²) in [7, 11) is -3.26. The van der Waals surface area contributed by atoms with Gasteiger partial charge in [0.2, 0.25) is 0 Å². The Balaban J connectivity index is 1.87. The second-order valence-electron chi connectivity index (χ2n) is 5.42. The van der Waals surface area contributed by atoms with Gasteiger partial charge in [-0.2, -0.15) is 0 Å². The maximum absolute atomic E-state index is 12.4. The van der Waals surface area contributed by atoms with Crippen molar-refractivity contribution in [1.82, 2.24) is 5.32 Å². The SMILES string of the molecule is O=S(=O)(c1ccc(C2CCNCC2)cc1Br)C1COC1. The molecule has 0 spiro atoms. The van der Waals surface area contributed by atoms with Gasteiger partial charge in [-0.3, -0.25) is 0 Å². The quantitative estimate of drug-likeness (QED) is 0.897. The molecule has 1 aromatic carbocycles. The van der Waals surface area contributed by atoms with Gasteiger partial charge in [0.05, 0.1) is 18.1 Å². The lowest BCUT2D eigenvalue weighted by Crippen LogP contribution is -2.40. The van der Waals surface area contributed by atoms with E-state index >= 15 is 0 Å². The first-order valence-electron chi connectivity index (χ1n) is 6.91.